The Balaban J connectivity index is 1.72. The van der Waals surface area contributed by atoms with E-state index in [1.165, 1.54) is 12.8 Å². The van der Waals surface area contributed by atoms with Gasteiger partial charge in [-0.2, -0.15) is 0 Å². The van der Waals surface area contributed by atoms with Crippen LogP contribution < -0.4 is 10.1 Å². The van der Waals surface area contributed by atoms with Crippen molar-refractivity contribution in [2.45, 2.75) is 45.1 Å². The van der Waals surface area contributed by atoms with Gasteiger partial charge in [-0.3, -0.25) is 4.79 Å². The van der Waals surface area contributed by atoms with E-state index in [-0.39, 0.29) is 11.8 Å². The van der Waals surface area contributed by atoms with Gasteiger partial charge >= 0.3 is 0 Å². The summed E-state index contributed by atoms with van der Waals surface area (Å²) in [5.41, 5.74) is 1.03. The summed E-state index contributed by atoms with van der Waals surface area (Å²) >= 11 is 0. The molecule has 2 unspecified atom stereocenters. The predicted octanol–water partition coefficient (Wildman–Crippen LogP) is 2.40. The van der Waals surface area contributed by atoms with E-state index < -0.39 is 6.10 Å². The van der Waals surface area contributed by atoms with Crippen LogP contribution in [0.15, 0.2) is 24.3 Å². The minimum absolute atomic E-state index is 0.0373. The van der Waals surface area contributed by atoms with Gasteiger partial charge in [0.1, 0.15) is 5.75 Å². The number of ether oxygens (including phenoxy) is 1. The summed E-state index contributed by atoms with van der Waals surface area (Å²) < 4.78 is 5.36. The van der Waals surface area contributed by atoms with Crippen LogP contribution in [0.25, 0.3) is 0 Å². The van der Waals surface area contributed by atoms with Crippen molar-refractivity contribution < 1.29 is 14.6 Å². The zero-order chi connectivity index (χ0) is 18.2. The summed E-state index contributed by atoms with van der Waals surface area (Å²) in [5, 5.41) is 13.0. The van der Waals surface area contributed by atoms with Gasteiger partial charge in [-0.15, -0.1) is 0 Å². The van der Waals surface area contributed by atoms with Crippen LogP contribution in [0.4, 0.5) is 0 Å². The van der Waals surface area contributed by atoms with E-state index in [0.717, 1.165) is 30.3 Å². The lowest BCUT2D eigenvalue weighted by Crippen LogP contribution is -2.43. The van der Waals surface area contributed by atoms with Crippen molar-refractivity contribution in [1.29, 1.82) is 0 Å². The highest BCUT2D eigenvalue weighted by Gasteiger charge is 2.19. The van der Waals surface area contributed by atoms with Crippen molar-refractivity contribution in [2.24, 2.45) is 5.92 Å². The summed E-state index contributed by atoms with van der Waals surface area (Å²) in [5.74, 6) is 1.62. The highest BCUT2D eigenvalue weighted by molar-refractivity contribution is 5.77. The molecule has 0 radical (unpaired) electrons. The average molecular weight is 348 g/mol. The molecule has 1 amide bonds. The van der Waals surface area contributed by atoms with Gasteiger partial charge in [0.2, 0.25) is 5.91 Å². The van der Waals surface area contributed by atoms with E-state index in [9.17, 15) is 9.90 Å². The lowest BCUT2D eigenvalue weighted by Gasteiger charge is -2.31. The zero-order valence-corrected chi connectivity index (χ0v) is 15.7. The third kappa shape index (κ3) is 6.33. The highest BCUT2D eigenvalue weighted by atomic mass is 16.5. The molecule has 0 aromatic heterocycles. The predicted molar refractivity (Wildman–Crippen MR) is 99.9 cm³/mol. The second-order valence-electron chi connectivity index (χ2n) is 7.29. The molecule has 2 N–H and O–H groups in total. The number of aliphatic hydroxyl groups is 1. The minimum atomic E-state index is -0.515. The number of amides is 1. The maximum Gasteiger partial charge on any atom is 0.220 e. The Morgan fingerprint density at radius 1 is 1.36 bits per heavy atom. The normalized spacial score (nSPS) is 18.6. The molecule has 1 aromatic carbocycles. The number of likely N-dealkylation sites (tertiary alicyclic amines) is 1. The lowest BCUT2D eigenvalue weighted by atomic mass is 9.96. The molecule has 1 aromatic rings. The quantitative estimate of drug-likeness (QED) is 0.757. The number of carbonyl (C=O) groups excluding carboxylic acids is 1. The number of piperidine rings is 1. The van der Waals surface area contributed by atoms with Gasteiger partial charge in [0.15, 0.2) is 0 Å². The van der Waals surface area contributed by atoms with Gasteiger partial charge in [-0.1, -0.05) is 32.0 Å². The summed E-state index contributed by atoms with van der Waals surface area (Å²) in [4.78, 5) is 14.5. The Labute approximate surface area is 151 Å². The number of benzene rings is 1. The molecule has 2 atom stereocenters. The van der Waals surface area contributed by atoms with E-state index in [0.29, 0.717) is 19.5 Å². The van der Waals surface area contributed by atoms with Gasteiger partial charge in [-0.25, -0.2) is 0 Å². The molecular weight excluding hydrogens is 316 g/mol. The molecule has 1 aliphatic heterocycles. The number of hydrogen-bond acceptors (Lipinski definition) is 4. The Morgan fingerprint density at radius 3 is 2.72 bits per heavy atom. The van der Waals surface area contributed by atoms with Crippen LogP contribution in [-0.4, -0.2) is 55.3 Å². The molecule has 0 aliphatic carbocycles. The third-order valence-corrected chi connectivity index (χ3v) is 5.04. The van der Waals surface area contributed by atoms with Gasteiger partial charge in [0.05, 0.1) is 13.2 Å². The van der Waals surface area contributed by atoms with Crippen molar-refractivity contribution in [3.63, 3.8) is 0 Å². The molecule has 1 saturated heterocycles. The van der Waals surface area contributed by atoms with Gasteiger partial charge in [0.25, 0.3) is 0 Å². The van der Waals surface area contributed by atoms with Crippen LogP contribution >= 0.6 is 0 Å². The first kappa shape index (κ1) is 19.7. The maximum atomic E-state index is 12.2. The molecule has 0 saturated carbocycles. The van der Waals surface area contributed by atoms with Crippen molar-refractivity contribution in [3.05, 3.63) is 29.8 Å². The number of β-amino-alcohol motifs (C(OH)–C–C–N with tert-alkyl or cyclic N) is 1. The number of nitrogens with zero attached hydrogens (tertiary/aromatic N) is 1. The monoisotopic (exact) mass is 348 g/mol. The van der Waals surface area contributed by atoms with Crippen molar-refractivity contribution >= 4 is 5.91 Å². The number of carbonyl (C=O) groups is 1. The molecule has 1 aliphatic rings. The van der Waals surface area contributed by atoms with Crippen LogP contribution in [-0.2, 0) is 4.79 Å². The van der Waals surface area contributed by atoms with Crippen LogP contribution in [0.1, 0.15) is 44.6 Å². The fraction of sp³-hybridized carbons (Fsp3) is 0.650. The maximum absolute atomic E-state index is 12.2. The first-order valence-electron chi connectivity index (χ1n) is 9.29. The standard InChI is InChI=1S/C20H32N2O3/c1-15-8-10-22(11-9-15)14-17(23)13-21-20(24)12-16(2)18-6-4-5-7-19(18)25-3/h4-7,15-17,23H,8-14H2,1-3H3,(H,21,24). The van der Waals surface area contributed by atoms with Crippen molar-refractivity contribution in [2.75, 3.05) is 33.3 Å². The Morgan fingerprint density at radius 2 is 2.04 bits per heavy atom. The van der Waals surface area contributed by atoms with Gasteiger partial charge in [-0.05, 0) is 49.4 Å². The first-order chi connectivity index (χ1) is 12.0. The van der Waals surface area contributed by atoms with E-state index in [1.54, 1.807) is 7.11 Å². The number of rotatable bonds is 8. The average Bonchev–Trinajstić information content (AvgIpc) is 2.62. The second kappa shape index (κ2) is 9.78. The van der Waals surface area contributed by atoms with E-state index in [4.69, 9.17) is 4.74 Å². The number of para-hydroxylation sites is 1. The molecule has 0 spiro atoms. The van der Waals surface area contributed by atoms with Crippen LogP contribution in [0.2, 0.25) is 0 Å². The van der Waals surface area contributed by atoms with E-state index in [1.807, 2.05) is 31.2 Å². The Kier molecular flexibility index (Phi) is 7.72. The Bertz CT molecular complexity index is 541. The number of methoxy groups -OCH3 is 1. The molecule has 2 rings (SSSR count). The van der Waals surface area contributed by atoms with Crippen LogP contribution in [0.5, 0.6) is 5.75 Å². The molecule has 1 heterocycles. The molecular formula is C20H32N2O3. The topological polar surface area (TPSA) is 61.8 Å². The zero-order valence-electron chi connectivity index (χ0n) is 15.7. The van der Waals surface area contributed by atoms with Crippen molar-refractivity contribution in [1.82, 2.24) is 10.2 Å². The van der Waals surface area contributed by atoms with Crippen LogP contribution in [0.3, 0.4) is 0 Å². The molecule has 5 nitrogen and oxygen atoms in total. The van der Waals surface area contributed by atoms with Crippen molar-refractivity contribution in [3.8, 4) is 5.75 Å². The molecule has 5 heteroatoms. The summed E-state index contributed by atoms with van der Waals surface area (Å²) in [6.07, 6.45) is 2.25. The summed E-state index contributed by atoms with van der Waals surface area (Å²) in [6.45, 7) is 7.31. The third-order valence-electron chi connectivity index (χ3n) is 5.04. The fourth-order valence-corrected chi connectivity index (χ4v) is 3.37. The lowest BCUT2D eigenvalue weighted by molar-refractivity contribution is -0.121. The molecule has 0 bridgehead atoms. The van der Waals surface area contributed by atoms with E-state index in [2.05, 4.69) is 17.1 Å². The second-order valence-corrected chi connectivity index (χ2v) is 7.29. The smallest absolute Gasteiger partial charge is 0.220 e. The summed E-state index contributed by atoms with van der Waals surface area (Å²) in [7, 11) is 1.64. The largest absolute Gasteiger partial charge is 0.496 e. The number of aliphatic hydroxyl groups excluding tert-OH is 1. The number of hydrogen-bond donors (Lipinski definition) is 2. The first-order valence-corrected chi connectivity index (χ1v) is 9.29. The highest BCUT2D eigenvalue weighted by Crippen LogP contribution is 2.28. The Hall–Kier alpha value is -1.59. The number of nitrogens with one attached hydrogen (secondary N) is 1. The van der Waals surface area contributed by atoms with E-state index >= 15 is 0 Å². The summed E-state index contributed by atoms with van der Waals surface area (Å²) in [6, 6.07) is 7.78. The van der Waals surface area contributed by atoms with Crippen LogP contribution in [0, 0.1) is 5.92 Å². The minimum Gasteiger partial charge on any atom is -0.496 e. The van der Waals surface area contributed by atoms with Gasteiger partial charge in [0, 0.05) is 19.5 Å². The fourth-order valence-electron chi connectivity index (χ4n) is 3.37. The molecule has 140 valence electrons. The SMILES string of the molecule is COc1ccccc1C(C)CC(=O)NCC(O)CN1CCC(C)CC1. The molecule has 1 fully saturated rings. The molecule has 25 heavy (non-hydrogen) atoms. The van der Waals surface area contributed by atoms with Gasteiger partial charge < -0.3 is 20.1 Å².